The summed E-state index contributed by atoms with van der Waals surface area (Å²) >= 11 is 6.05. The SMILES string of the molecule is COc1ccc(CCC(=O)NCC2(C)COC2)cc1Cl. The van der Waals surface area contributed by atoms with Crippen molar-refractivity contribution in [2.24, 2.45) is 5.41 Å². The number of hydrogen-bond donors (Lipinski definition) is 1. The zero-order chi connectivity index (χ0) is 14.6. The Labute approximate surface area is 124 Å². The fourth-order valence-electron chi connectivity index (χ4n) is 2.08. The van der Waals surface area contributed by atoms with Gasteiger partial charge in [-0.1, -0.05) is 24.6 Å². The second-order valence-electron chi connectivity index (χ2n) is 5.55. The molecule has 0 atom stereocenters. The Kier molecular flexibility index (Phi) is 4.89. The van der Waals surface area contributed by atoms with Gasteiger partial charge < -0.3 is 14.8 Å². The van der Waals surface area contributed by atoms with Gasteiger partial charge >= 0.3 is 0 Å². The number of aryl methyl sites for hydroxylation is 1. The van der Waals surface area contributed by atoms with Crippen LogP contribution in [0.4, 0.5) is 0 Å². The number of carbonyl (C=O) groups is 1. The molecule has 0 bridgehead atoms. The molecule has 1 aromatic carbocycles. The van der Waals surface area contributed by atoms with E-state index in [0.717, 1.165) is 18.8 Å². The first-order chi connectivity index (χ1) is 9.52. The molecule has 1 aliphatic heterocycles. The molecule has 1 N–H and O–H groups in total. The van der Waals surface area contributed by atoms with E-state index in [1.54, 1.807) is 7.11 Å². The second-order valence-corrected chi connectivity index (χ2v) is 5.96. The van der Waals surface area contributed by atoms with Crippen molar-refractivity contribution in [3.63, 3.8) is 0 Å². The lowest BCUT2D eigenvalue weighted by Crippen LogP contribution is -2.48. The van der Waals surface area contributed by atoms with E-state index in [0.29, 0.717) is 30.2 Å². The fraction of sp³-hybridized carbons (Fsp3) is 0.533. The van der Waals surface area contributed by atoms with Crippen molar-refractivity contribution < 1.29 is 14.3 Å². The van der Waals surface area contributed by atoms with Crippen LogP contribution in [0.15, 0.2) is 18.2 Å². The zero-order valence-corrected chi connectivity index (χ0v) is 12.6. The van der Waals surface area contributed by atoms with Gasteiger partial charge in [-0.15, -0.1) is 0 Å². The highest BCUT2D eigenvalue weighted by Gasteiger charge is 2.33. The van der Waals surface area contributed by atoms with Crippen LogP contribution in [0, 0.1) is 5.41 Å². The molecule has 0 unspecified atom stereocenters. The van der Waals surface area contributed by atoms with Crippen molar-refractivity contribution in [2.75, 3.05) is 26.9 Å². The molecule has 5 heteroatoms. The summed E-state index contributed by atoms with van der Waals surface area (Å²) in [6.07, 6.45) is 1.13. The molecule has 0 aliphatic carbocycles. The second kappa shape index (κ2) is 6.46. The fourth-order valence-corrected chi connectivity index (χ4v) is 2.36. The lowest BCUT2D eigenvalue weighted by Gasteiger charge is -2.38. The standard InChI is InChI=1S/C15H20ClNO3/c1-15(9-20-10-15)8-17-14(18)6-4-11-3-5-13(19-2)12(16)7-11/h3,5,7H,4,6,8-10H2,1-2H3,(H,17,18). The number of ether oxygens (including phenoxy) is 2. The van der Waals surface area contributed by atoms with E-state index in [1.807, 2.05) is 18.2 Å². The van der Waals surface area contributed by atoms with Gasteiger partial charge in [0.15, 0.2) is 0 Å². The molecule has 1 aromatic rings. The number of nitrogens with one attached hydrogen (secondary N) is 1. The van der Waals surface area contributed by atoms with Crippen molar-refractivity contribution in [2.45, 2.75) is 19.8 Å². The average molecular weight is 298 g/mol. The van der Waals surface area contributed by atoms with Gasteiger partial charge in [0.25, 0.3) is 0 Å². The van der Waals surface area contributed by atoms with Gasteiger partial charge in [-0.3, -0.25) is 4.79 Å². The summed E-state index contributed by atoms with van der Waals surface area (Å²) in [6.45, 7) is 4.23. The molecular weight excluding hydrogens is 278 g/mol. The van der Waals surface area contributed by atoms with Crippen LogP contribution >= 0.6 is 11.6 Å². The molecule has 1 fully saturated rings. The summed E-state index contributed by atoms with van der Waals surface area (Å²) in [5.74, 6) is 0.711. The van der Waals surface area contributed by atoms with Crippen LogP contribution in [0.1, 0.15) is 18.9 Å². The molecule has 0 saturated carbocycles. The Morgan fingerprint density at radius 2 is 2.25 bits per heavy atom. The molecule has 1 amide bonds. The molecule has 2 rings (SSSR count). The van der Waals surface area contributed by atoms with Crippen LogP contribution in [0.5, 0.6) is 5.75 Å². The Bertz CT molecular complexity index is 486. The minimum absolute atomic E-state index is 0.0602. The monoisotopic (exact) mass is 297 g/mol. The highest BCUT2D eigenvalue weighted by Crippen LogP contribution is 2.26. The molecule has 20 heavy (non-hydrogen) atoms. The third-order valence-corrected chi connectivity index (χ3v) is 3.77. The first-order valence-electron chi connectivity index (χ1n) is 6.69. The highest BCUT2D eigenvalue weighted by molar-refractivity contribution is 6.32. The van der Waals surface area contributed by atoms with Crippen LogP contribution in [-0.2, 0) is 16.0 Å². The zero-order valence-electron chi connectivity index (χ0n) is 11.9. The van der Waals surface area contributed by atoms with Gasteiger partial charge in [-0.25, -0.2) is 0 Å². The van der Waals surface area contributed by atoms with Gasteiger partial charge in [-0.2, -0.15) is 0 Å². The van der Waals surface area contributed by atoms with Crippen molar-refractivity contribution >= 4 is 17.5 Å². The first-order valence-corrected chi connectivity index (χ1v) is 7.07. The van der Waals surface area contributed by atoms with Crippen molar-refractivity contribution in [3.05, 3.63) is 28.8 Å². The topological polar surface area (TPSA) is 47.6 Å². The lowest BCUT2D eigenvalue weighted by molar-refractivity contribution is -0.126. The quantitative estimate of drug-likeness (QED) is 0.877. The number of amides is 1. The Morgan fingerprint density at radius 1 is 1.50 bits per heavy atom. The summed E-state index contributed by atoms with van der Waals surface area (Å²) in [6, 6.07) is 5.59. The van der Waals surface area contributed by atoms with Crippen molar-refractivity contribution in [3.8, 4) is 5.75 Å². The summed E-state index contributed by atoms with van der Waals surface area (Å²) < 4.78 is 10.3. The Hall–Kier alpha value is -1.26. The normalized spacial score (nSPS) is 16.4. The third-order valence-electron chi connectivity index (χ3n) is 3.47. The maximum Gasteiger partial charge on any atom is 0.220 e. The summed E-state index contributed by atoms with van der Waals surface area (Å²) in [7, 11) is 1.58. The predicted molar refractivity (Wildman–Crippen MR) is 78.3 cm³/mol. The largest absolute Gasteiger partial charge is 0.495 e. The van der Waals surface area contributed by atoms with Crippen LogP contribution < -0.4 is 10.1 Å². The summed E-state index contributed by atoms with van der Waals surface area (Å²) in [4.78, 5) is 11.8. The summed E-state index contributed by atoms with van der Waals surface area (Å²) in [5.41, 5.74) is 1.14. The molecule has 1 heterocycles. The van der Waals surface area contributed by atoms with Crippen LogP contribution in [0.25, 0.3) is 0 Å². The van der Waals surface area contributed by atoms with Crippen LogP contribution in [0.3, 0.4) is 0 Å². The Balaban J connectivity index is 1.76. The lowest BCUT2D eigenvalue weighted by atomic mass is 9.89. The number of methoxy groups -OCH3 is 1. The van der Waals surface area contributed by atoms with E-state index >= 15 is 0 Å². The van der Waals surface area contributed by atoms with Gasteiger partial charge in [-0.05, 0) is 24.1 Å². The van der Waals surface area contributed by atoms with Gasteiger partial charge in [0, 0.05) is 18.4 Å². The summed E-state index contributed by atoms with van der Waals surface area (Å²) in [5, 5.41) is 3.53. The van der Waals surface area contributed by atoms with E-state index in [-0.39, 0.29) is 11.3 Å². The molecular formula is C15H20ClNO3. The molecule has 4 nitrogen and oxygen atoms in total. The molecule has 1 saturated heterocycles. The minimum atomic E-state index is 0.0602. The number of rotatable bonds is 6. The predicted octanol–water partition coefficient (Wildman–Crippen LogP) is 2.43. The number of halogens is 1. The highest BCUT2D eigenvalue weighted by atomic mass is 35.5. The van der Waals surface area contributed by atoms with E-state index in [9.17, 15) is 4.79 Å². The van der Waals surface area contributed by atoms with E-state index in [1.165, 1.54) is 0 Å². The van der Waals surface area contributed by atoms with Crippen LogP contribution in [-0.4, -0.2) is 32.8 Å². The van der Waals surface area contributed by atoms with Crippen molar-refractivity contribution in [1.82, 2.24) is 5.32 Å². The number of hydrogen-bond acceptors (Lipinski definition) is 3. The molecule has 0 spiro atoms. The smallest absolute Gasteiger partial charge is 0.220 e. The maximum atomic E-state index is 11.8. The first kappa shape index (κ1) is 15.1. The number of carbonyl (C=O) groups excluding carboxylic acids is 1. The average Bonchev–Trinajstić information content (AvgIpc) is 2.41. The number of benzene rings is 1. The Morgan fingerprint density at radius 3 is 2.80 bits per heavy atom. The molecule has 0 radical (unpaired) electrons. The molecule has 1 aliphatic rings. The maximum absolute atomic E-state index is 11.8. The van der Waals surface area contributed by atoms with E-state index in [2.05, 4.69) is 12.2 Å². The van der Waals surface area contributed by atoms with Crippen molar-refractivity contribution in [1.29, 1.82) is 0 Å². The van der Waals surface area contributed by atoms with Crippen LogP contribution in [0.2, 0.25) is 5.02 Å². The van der Waals surface area contributed by atoms with Gasteiger partial charge in [0.1, 0.15) is 5.75 Å². The van der Waals surface area contributed by atoms with Gasteiger partial charge in [0.05, 0.1) is 25.3 Å². The minimum Gasteiger partial charge on any atom is -0.495 e. The molecule has 110 valence electrons. The van der Waals surface area contributed by atoms with E-state index in [4.69, 9.17) is 21.1 Å². The third kappa shape index (κ3) is 3.87. The van der Waals surface area contributed by atoms with E-state index < -0.39 is 0 Å². The van der Waals surface area contributed by atoms with Gasteiger partial charge in [0.2, 0.25) is 5.91 Å². The molecule has 0 aromatic heterocycles.